The number of carbonyl (C=O) groups is 1. The summed E-state index contributed by atoms with van der Waals surface area (Å²) < 4.78 is 10.7. The molecule has 180 valence electrons. The number of carbonyl (C=O) groups excluding carboxylic acids is 1. The van der Waals surface area contributed by atoms with E-state index < -0.39 is 6.16 Å². The standard InChI is InChI=1S/C29H41NO3/c1-8-17-32-27(31)33-24-18-25(30-19-24)26(20-9-13-22(14-10-20)28(2,3)4)21-11-15-23(16-12-21)29(5,6)7/h9-16,24-26,30H,8,17-19H2,1-7H3/t24-,25-/m0/s1. The highest BCUT2D eigenvalue weighted by Gasteiger charge is 2.35. The first kappa shape index (κ1) is 25.3. The summed E-state index contributed by atoms with van der Waals surface area (Å²) in [4.78, 5) is 12.0. The molecule has 33 heavy (non-hydrogen) atoms. The van der Waals surface area contributed by atoms with Crippen LogP contribution in [0.1, 0.15) is 89.5 Å². The lowest BCUT2D eigenvalue weighted by atomic mass is 9.80. The molecule has 4 heteroatoms. The van der Waals surface area contributed by atoms with E-state index in [-0.39, 0.29) is 28.9 Å². The van der Waals surface area contributed by atoms with Crippen LogP contribution >= 0.6 is 0 Å². The molecule has 1 N–H and O–H groups in total. The highest BCUT2D eigenvalue weighted by Crippen LogP contribution is 2.35. The molecule has 0 amide bonds. The SMILES string of the molecule is CCCOC(=O)O[C@@H]1CN[C@H](C(c2ccc(C(C)(C)C)cc2)c2ccc(C(C)(C)C)cc2)C1. The first-order valence-corrected chi connectivity index (χ1v) is 12.3. The van der Waals surface area contributed by atoms with Crippen LogP contribution in [0.15, 0.2) is 48.5 Å². The van der Waals surface area contributed by atoms with E-state index >= 15 is 0 Å². The topological polar surface area (TPSA) is 47.6 Å². The van der Waals surface area contributed by atoms with Gasteiger partial charge in [-0.25, -0.2) is 4.79 Å². The Bertz CT molecular complexity index is 846. The van der Waals surface area contributed by atoms with Crippen LogP contribution < -0.4 is 5.32 Å². The van der Waals surface area contributed by atoms with Crippen molar-refractivity contribution in [2.24, 2.45) is 0 Å². The van der Waals surface area contributed by atoms with Crippen LogP contribution in [-0.4, -0.2) is 31.5 Å². The minimum absolute atomic E-state index is 0.117. The molecule has 0 saturated carbocycles. The van der Waals surface area contributed by atoms with Gasteiger partial charge in [0.25, 0.3) is 0 Å². The zero-order valence-corrected chi connectivity index (χ0v) is 21.4. The molecule has 0 aliphatic carbocycles. The van der Waals surface area contributed by atoms with Crippen molar-refractivity contribution in [3.8, 4) is 0 Å². The van der Waals surface area contributed by atoms with E-state index in [1.54, 1.807) is 0 Å². The molecular formula is C29H41NO3. The van der Waals surface area contributed by atoms with Crippen molar-refractivity contribution >= 4 is 6.16 Å². The van der Waals surface area contributed by atoms with Gasteiger partial charge in [0.05, 0.1) is 6.61 Å². The fourth-order valence-electron chi connectivity index (χ4n) is 4.47. The van der Waals surface area contributed by atoms with Gasteiger partial charge in [-0.15, -0.1) is 0 Å². The minimum atomic E-state index is -0.565. The van der Waals surface area contributed by atoms with Crippen molar-refractivity contribution in [3.63, 3.8) is 0 Å². The molecular weight excluding hydrogens is 410 g/mol. The summed E-state index contributed by atoms with van der Waals surface area (Å²) in [5, 5.41) is 3.62. The van der Waals surface area contributed by atoms with Crippen molar-refractivity contribution in [1.82, 2.24) is 5.32 Å². The number of rotatable bonds is 6. The number of hydrogen-bond donors (Lipinski definition) is 1. The molecule has 0 radical (unpaired) electrons. The van der Waals surface area contributed by atoms with Crippen LogP contribution in [0.4, 0.5) is 4.79 Å². The fourth-order valence-corrected chi connectivity index (χ4v) is 4.47. The second-order valence-electron chi connectivity index (χ2n) is 11.3. The van der Waals surface area contributed by atoms with Gasteiger partial charge in [-0.2, -0.15) is 0 Å². The molecule has 1 fully saturated rings. The largest absolute Gasteiger partial charge is 0.508 e. The lowest BCUT2D eigenvalue weighted by Gasteiger charge is -2.27. The lowest BCUT2D eigenvalue weighted by molar-refractivity contribution is 0.0289. The maximum absolute atomic E-state index is 12.0. The van der Waals surface area contributed by atoms with Gasteiger partial charge in [-0.3, -0.25) is 0 Å². The van der Waals surface area contributed by atoms with Gasteiger partial charge in [0, 0.05) is 24.9 Å². The van der Waals surface area contributed by atoms with Crippen molar-refractivity contribution in [2.75, 3.05) is 13.2 Å². The van der Waals surface area contributed by atoms with Crippen LogP contribution in [-0.2, 0) is 20.3 Å². The van der Waals surface area contributed by atoms with Crippen LogP contribution in [0.25, 0.3) is 0 Å². The third-order valence-corrected chi connectivity index (χ3v) is 6.49. The number of benzene rings is 2. The van der Waals surface area contributed by atoms with E-state index in [0.717, 1.165) is 12.8 Å². The molecule has 2 atom stereocenters. The maximum atomic E-state index is 12.0. The smallest absolute Gasteiger partial charge is 0.434 e. The molecule has 3 rings (SSSR count). The highest BCUT2D eigenvalue weighted by molar-refractivity contribution is 5.60. The number of ether oxygens (including phenoxy) is 2. The molecule has 0 unspecified atom stereocenters. The average molecular weight is 452 g/mol. The second-order valence-corrected chi connectivity index (χ2v) is 11.3. The molecule has 0 bridgehead atoms. The Balaban J connectivity index is 1.86. The summed E-state index contributed by atoms with van der Waals surface area (Å²) >= 11 is 0. The Morgan fingerprint density at radius 3 is 1.82 bits per heavy atom. The van der Waals surface area contributed by atoms with Gasteiger partial charge < -0.3 is 14.8 Å². The molecule has 1 heterocycles. The van der Waals surface area contributed by atoms with E-state index in [4.69, 9.17) is 9.47 Å². The quantitative estimate of drug-likeness (QED) is 0.496. The van der Waals surface area contributed by atoms with E-state index in [2.05, 4.69) is 95.4 Å². The van der Waals surface area contributed by atoms with Gasteiger partial charge in [0.2, 0.25) is 0 Å². The molecule has 1 saturated heterocycles. The Hall–Kier alpha value is -2.33. The Kier molecular flexibility index (Phi) is 7.89. The maximum Gasteiger partial charge on any atom is 0.508 e. The summed E-state index contributed by atoms with van der Waals surface area (Å²) in [6.45, 7) is 16.4. The Labute approximate surface area is 200 Å². The Morgan fingerprint density at radius 2 is 1.39 bits per heavy atom. The molecule has 2 aromatic rings. The fraction of sp³-hybridized carbons (Fsp3) is 0.552. The summed E-state index contributed by atoms with van der Waals surface area (Å²) in [5.74, 6) is 0.174. The first-order chi connectivity index (χ1) is 15.5. The van der Waals surface area contributed by atoms with Gasteiger partial charge in [-0.05, 0) is 39.5 Å². The summed E-state index contributed by atoms with van der Waals surface area (Å²) in [6.07, 6.45) is 0.806. The molecule has 4 nitrogen and oxygen atoms in total. The second kappa shape index (κ2) is 10.3. The number of hydrogen-bond acceptors (Lipinski definition) is 4. The highest BCUT2D eigenvalue weighted by atomic mass is 16.7. The van der Waals surface area contributed by atoms with Crippen molar-refractivity contribution in [1.29, 1.82) is 0 Å². The average Bonchev–Trinajstić information content (AvgIpc) is 3.19. The summed E-state index contributed by atoms with van der Waals surface area (Å²) in [6, 6.07) is 18.2. The molecule has 0 spiro atoms. The zero-order valence-electron chi connectivity index (χ0n) is 21.4. The lowest BCUT2D eigenvalue weighted by Crippen LogP contribution is -2.30. The van der Waals surface area contributed by atoms with Gasteiger partial charge in [-0.1, -0.05) is 97.0 Å². The van der Waals surface area contributed by atoms with Crippen LogP contribution in [0, 0.1) is 0 Å². The van der Waals surface area contributed by atoms with Crippen LogP contribution in [0.3, 0.4) is 0 Å². The monoisotopic (exact) mass is 451 g/mol. The zero-order chi connectivity index (χ0) is 24.2. The van der Waals surface area contributed by atoms with Crippen molar-refractivity contribution < 1.29 is 14.3 Å². The Morgan fingerprint density at radius 1 is 0.909 bits per heavy atom. The van der Waals surface area contributed by atoms with Crippen molar-refractivity contribution in [3.05, 3.63) is 70.8 Å². The van der Waals surface area contributed by atoms with E-state index in [0.29, 0.717) is 13.2 Å². The first-order valence-electron chi connectivity index (χ1n) is 12.3. The molecule has 1 aliphatic heterocycles. The molecule has 0 aromatic heterocycles. The molecule has 1 aliphatic rings. The van der Waals surface area contributed by atoms with E-state index in [9.17, 15) is 4.79 Å². The predicted molar refractivity (Wildman–Crippen MR) is 135 cm³/mol. The van der Waals surface area contributed by atoms with Gasteiger partial charge >= 0.3 is 6.16 Å². The number of nitrogens with one attached hydrogen (secondary N) is 1. The predicted octanol–water partition coefficient (Wildman–Crippen LogP) is 6.71. The van der Waals surface area contributed by atoms with Crippen LogP contribution in [0.2, 0.25) is 0 Å². The molecule has 2 aromatic carbocycles. The van der Waals surface area contributed by atoms with E-state index in [1.807, 2.05) is 6.92 Å². The summed E-state index contributed by atoms with van der Waals surface area (Å²) in [7, 11) is 0. The van der Waals surface area contributed by atoms with Crippen LogP contribution in [0.5, 0.6) is 0 Å². The minimum Gasteiger partial charge on any atom is -0.434 e. The van der Waals surface area contributed by atoms with Crippen molar-refractivity contribution in [2.45, 2.75) is 90.2 Å². The van der Waals surface area contributed by atoms with Gasteiger partial charge in [0.1, 0.15) is 6.10 Å². The third-order valence-electron chi connectivity index (χ3n) is 6.49. The van der Waals surface area contributed by atoms with Gasteiger partial charge in [0.15, 0.2) is 0 Å². The van der Waals surface area contributed by atoms with E-state index in [1.165, 1.54) is 22.3 Å². The normalized spacial score (nSPS) is 19.0. The summed E-state index contributed by atoms with van der Waals surface area (Å²) in [5.41, 5.74) is 5.44. The third kappa shape index (κ3) is 6.60.